The second kappa shape index (κ2) is 74.5. The number of ether oxygens (including phenoxy) is 4. The lowest BCUT2D eigenvalue weighted by Crippen LogP contribution is -2.30. The van der Waals surface area contributed by atoms with Crippen LogP contribution in [0.2, 0.25) is 0 Å². The first-order chi connectivity index (χ1) is 49.4. The molecule has 19 heteroatoms. The summed E-state index contributed by atoms with van der Waals surface area (Å²) in [6.45, 7) is 9.62. The van der Waals surface area contributed by atoms with Crippen LogP contribution in [0.1, 0.15) is 440 Å². The van der Waals surface area contributed by atoms with Gasteiger partial charge in [0.25, 0.3) is 0 Å². The van der Waals surface area contributed by atoms with Crippen molar-refractivity contribution in [1.82, 2.24) is 0 Å². The Morgan fingerprint density at radius 3 is 0.667 bits per heavy atom. The fourth-order valence-electron chi connectivity index (χ4n) is 12.9. The normalized spacial score (nSPS) is 13.9. The minimum absolute atomic E-state index is 0.105. The predicted molar refractivity (Wildman–Crippen MR) is 418 cm³/mol. The lowest BCUT2D eigenvalue weighted by molar-refractivity contribution is -0.161. The van der Waals surface area contributed by atoms with Gasteiger partial charge in [0, 0.05) is 25.7 Å². The number of rotatable bonds is 82. The van der Waals surface area contributed by atoms with E-state index in [2.05, 4.69) is 41.5 Å². The van der Waals surface area contributed by atoms with Crippen LogP contribution < -0.4 is 0 Å². The summed E-state index contributed by atoms with van der Waals surface area (Å²) >= 11 is 0. The quantitative estimate of drug-likeness (QED) is 0.0222. The lowest BCUT2D eigenvalue weighted by Gasteiger charge is -2.21. The fraction of sp³-hybridized carbons (Fsp3) is 0.952. The first-order valence-electron chi connectivity index (χ1n) is 43.0. The zero-order valence-corrected chi connectivity index (χ0v) is 68.7. The van der Waals surface area contributed by atoms with Crippen LogP contribution >= 0.6 is 15.6 Å². The van der Waals surface area contributed by atoms with Crippen LogP contribution in [-0.2, 0) is 65.4 Å². The molecule has 0 heterocycles. The van der Waals surface area contributed by atoms with Gasteiger partial charge in [-0.3, -0.25) is 37.3 Å². The number of phosphoric acid groups is 2. The van der Waals surface area contributed by atoms with Crippen molar-refractivity contribution in [2.45, 2.75) is 458 Å². The van der Waals surface area contributed by atoms with Crippen molar-refractivity contribution < 1.29 is 80.2 Å². The highest BCUT2D eigenvalue weighted by Gasteiger charge is 2.30. The van der Waals surface area contributed by atoms with Gasteiger partial charge in [-0.1, -0.05) is 388 Å². The van der Waals surface area contributed by atoms with Crippen LogP contribution in [0, 0.1) is 11.8 Å². The van der Waals surface area contributed by atoms with Crippen molar-refractivity contribution in [2.24, 2.45) is 11.8 Å². The van der Waals surface area contributed by atoms with Gasteiger partial charge < -0.3 is 33.8 Å². The molecular formula is C83H162O17P2. The minimum Gasteiger partial charge on any atom is -0.462 e. The van der Waals surface area contributed by atoms with Crippen LogP contribution in [-0.4, -0.2) is 96.7 Å². The molecule has 0 bridgehead atoms. The number of carbonyl (C=O) groups is 4. The molecule has 5 atom stereocenters. The number of carbonyl (C=O) groups excluding carboxylic acids is 4. The van der Waals surface area contributed by atoms with Crippen molar-refractivity contribution in [2.75, 3.05) is 39.6 Å². The number of aliphatic hydroxyl groups is 1. The number of hydrogen-bond acceptors (Lipinski definition) is 15. The number of esters is 4. The van der Waals surface area contributed by atoms with Crippen molar-refractivity contribution in [3.63, 3.8) is 0 Å². The molecule has 102 heavy (non-hydrogen) atoms. The Kier molecular flexibility index (Phi) is 73.1. The molecule has 0 aliphatic rings. The minimum atomic E-state index is -4.96. The second-order valence-corrected chi connectivity index (χ2v) is 33.7. The van der Waals surface area contributed by atoms with E-state index < -0.39 is 97.5 Å². The molecule has 3 N–H and O–H groups in total. The van der Waals surface area contributed by atoms with Gasteiger partial charge in [-0.05, 0) is 37.5 Å². The van der Waals surface area contributed by atoms with E-state index in [4.69, 9.17) is 37.0 Å². The van der Waals surface area contributed by atoms with Gasteiger partial charge in [-0.2, -0.15) is 0 Å². The lowest BCUT2D eigenvalue weighted by atomic mass is 10.0. The Balaban J connectivity index is 5.20. The van der Waals surface area contributed by atoms with E-state index in [1.165, 1.54) is 257 Å². The molecule has 0 fully saturated rings. The van der Waals surface area contributed by atoms with E-state index in [1.54, 1.807) is 0 Å². The van der Waals surface area contributed by atoms with Gasteiger partial charge in [0.1, 0.15) is 19.3 Å². The van der Waals surface area contributed by atoms with Crippen LogP contribution in [0.15, 0.2) is 0 Å². The summed E-state index contributed by atoms with van der Waals surface area (Å²) in [5.41, 5.74) is 0. The van der Waals surface area contributed by atoms with Gasteiger partial charge in [-0.15, -0.1) is 0 Å². The van der Waals surface area contributed by atoms with E-state index in [-0.39, 0.29) is 25.7 Å². The number of unbranched alkanes of at least 4 members (excludes halogenated alkanes) is 52. The maximum absolute atomic E-state index is 13.1. The number of hydrogen-bond donors (Lipinski definition) is 3. The van der Waals surface area contributed by atoms with Gasteiger partial charge in [0.05, 0.1) is 26.4 Å². The highest BCUT2D eigenvalue weighted by atomic mass is 31.2. The molecule has 0 saturated carbocycles. The topological polar surface area (TPSA) is 237 Å². The molecule has 0 aromatic carbocycles. The van der Waals surface area contributed by atoms with E-state index in [9.17, 15) is 43.2 Å². The van der Waals surface area contributed by atoms with E-state index in [0.717, 1.165) is 102 Å². The molecule has 606 valence electrons. The number of phosphoric ester groups is 2. The maximum atomic E-state index is 13.1. The molecule has 0 radical (unpaired) electrons. The molecule has 0 spiro atoms. The number of aliphatic hydroxyl groups excluding tert-OH is 1. The van der Waals surface area contributed by atoms with Crippen LogP contribution in [0.25, 0.3) is 0 Å². The molecule has 0 rings (SSSR count). The zero-order chi connectivity index (χ0) is 74.9. The molecule has 2 unspecified atom stereocenters. The third kappa shape index (κ3) is 76.3. The second-order valence-electron chi connectivity index (χ2n) is 30.8. The average Bonchev–Trinajstić information content (AvgIpc) is 1.13. The van der Waals surface area contributed by atoms with Crippen molar-refractivity contribution >= 4 is 39.5 Å². The largest absolute Gasteiger partial charge is 0.472 e. The van der Waals surface area contributed by atoms with Crippen molar-refractivity contribution in [3.05, 3.63) is 0 Å². The molecule has 0 aliphatic heterocycles. The summed E-state index contributed by atoms with van der Waals surface area (Å²) in [6, 6.07) is 0. The van der Waals surface area contributed by atoms with Crippen molar-refractivity contribution in [1.29, 1.82) is 0 Å². The molecule has 17 nitrogen and oxygen atoms in total. The summed E-state index contributed by atoms with van der Waals surface area (Å²) in [5, 5.41) is 10.6. The fourth-order valence-corrected chi connectivity index (χ4v) is 14.5. The predicted octanol–water partition coefficient (Wildman–Crippen LogP) is 25.1. The smallest absolute Gasteiger partial charge is 0.462 e. The molecular weight excluding hydrogens is 1330 g/mol. The molecule has 0 aromatic heterocycles. The molecule has 0 aromatic rings. The van der Waals surface area contributed by atoms with Crippen LogP contribution in [0.5, 0.6) is 0 Å². The van der Waals surface area contributed by atoms with E-state index in [0.29, 0.717) is 25.7 Å². The summed E-state index contributed by atoms with van der Waals surface area (Å²) in [5.74, 6) is -0.584. The Bertz CT molecular complexity index is 1960. The monoisotopic (exact) mass is 1490 g/mol. The summed E-state index contributed by atoms with van der Waals surface area (Å²) < 4.78 is 68.7. The average molecular weight is 1490 g/mol. The van der Waals surface area contributed by atoms with E-state index in [1.807, 2.05) is 0 Å². The Morgan fingerprint density at radius 2 is 0.451 bits per heavy atom. The van der Waals surface area contributed by atoms with Gasteiger partial charge >= 0.3 is 39.5 Å². The standard InChI is InChI=1S/C83H162O17P2/c1-7-9-11-13-15-17-19-20-21-22-23-24-25-26-27-30-34-38-42-49-55-61-67-82(87)99-78(71-94-81(86)66-60-54-48-41-37-33-31-28-29-32-36-39-45-51-57-63-75(3)4)73-97-101(89,90)95-69-77(84)70-96-102(91,92)98-74-79(100-83(88)68-62-56-50-44-43-46-52-58-64-76(5)6)72-93-80(85)65-59-53-47-40-35-18-16-14-12-10-8-2/h75-79,84H,7-74H2,1-6H3,(H,89,90)(H,91,92)/t77-,78-,79-/m1/s1. The third-order valence-corrected chi connectivity index (χ3v) is 21.4. The van der Waals surface area contributed by atoms with Crippen molar-refractivity contribution in [3.8, 4) is 0 Å². The Morgan fingerprint density at radius 1 is 0.265 bits per heavy atom. The summed E-state index contributed by atoms with van der Waals surface area (Å²) in [7, 11) is -9.92. The van der Waals surface area contributed by atoms with E-state index >= 15 is 0 Å². The molecule has 0 amide bonds. The maximum Gasteiger partial charge on any atom is 0.472 e. The van der Waals surface area contributed by atoms with Gasteiger partial charge in [0.15, 0.2) is 12.2 Å². The Hall–Kier alpha value is -1.94. The molecule has 0 saturated heterocycles. The summed E-state index contributed by atoms with van der Waals surface area (Å²) in [4.78, 5) is 73.0. The highest BCUT2D eigenvalue weighted by Crippen LogP contribution is 2.45. The van der Waals surface area contributed by atoms with Gasteiger partial charge in [-0.25, -0.2) is 9.13 Å². The molecule has 0 aliphatic carbocycles. The summed E-state index contributed by atoms with van der Waals surface area (Å²) in [6.07, 6.45) is 65.4. The SMILES string of the molecule is CCCCCCCCCCCCCCCCCCCCCCCCC(=O)O[C@H](COC(=O)CCCCCCCCCCCCCCCCCC(C)C)COP(=O)(O)OC[C@@H](O)COP(=O)(O)OC[C@@H](COC(=O)CCCCCCCCCCCCC)OC(=O)CCCCCCCCCCC(C)C. The first-order valence-corrected chi connectivity index (χ1v) is 46.0. The van der Waals surface area contributed by atoms with Gasteiger partial charge in [0.2, 0.25) is 0 Å². The zero-order valence-electron chi connectivity index (χ0n) is 66.9. The Labute approximate surface area is 626 Å². The first kappa shape index (κ1) is 100. The van der Waals surface area contributed by atoms with Crippen LogP contribution in [0.4, 0.5) is 0 Å². The highest BCUT2D eigenvalue weighted by molar-refractivity contribution is 7.47. The van der Waals surface area contributed by atoms with Crippen LogP contribution in [0.3, 0.4) is 0 Å². The third-order valence-electron chi connectivity index (χ3n) is 19.5.